The summed E-state index contributed by atoms with van der Waals surface area (Å²) in [6.07, 6.45) is 7.98. The largest absolute Gasteiger partial charge is 0.367 e. The first-order valence-electron chi connectivity index (χ1n) is 8.43. The Labute approximate surface area is 127 Å². The number of rotatable bonds is 7. The second-order valence-corrected chi connectivity index (χ2v) is 5.97. The van der Waals surface area contributed by atoms with Crippen molar-refractivity contribution >= 4 is 0 Å². The minimum Gasteiger partial charge on any atom is -0.367 e. The molecule has 1 aliphatic carbocycles. The van der Waals surface area contributed by atoms with Crippen molar-refractivity contribution in [2.24, 2.45) is 0 Å². The molecule has 0 bridgehead atoms. The topological polar surface area (TPSA) is 60.2 Å². The number of ether oxygens (including phenoxy) is 1. The van der Waals surface area contributed by atoms with Crippen LogP contribution >= 0.6 is 0 Å². The first-order valence-corrected chi connectivity index (χ1v) is 8.43. The molecule has 0 radical (unpaired) electrons. The third-order valence-corrected chi connectivity index (χ3v) is 4.25. The van der Waals surface area contributed by atoms with Gasteiger partial charge in [0.2, 0.25) is 11.7 Å². The van der Waals surface area contributed by atoms with E-state index in [2.05, 4.69) is 29.3 Å². The van der Waals surface area contributed by atoms with Crippen molar-refractivity contribution in [3.8, 4) is 0 Å². The van der Waals surface area contributed by atoms with Crippen LogP contribution in [0.3, 0.4) is 0 Å². The smallest absolute Gasteiger partial charge is 0.243 e. The summed E-state index contributed by atoms with van der Waals surface area (Å²) in [5.41, 5.74) is -0.336. The van der Waals surface area contributed by atoms with Crippen LogP contribution in [0.5, 0.6) is 0 Å². The first-order chi connectivity index (χ1) is 10.2. The molecule has 1 atom stereocenters. The Bertz CT molecular complexity index is 411. The highest BCUT2D eigenvalue weighted by Gasteiger charge is 2.38. The summed E-state index contributed by atoms with van der Waals surface area (Å²) in [5.74, 6) is 1.41. The molecule has 1 fully saturated rings. The number of nitrogens with one attached hydrogen (secondary N) is 1. The molecule has 1 unspecified atom stereocenters. The van der Waals surface area contributed by atoms with E-state index in [1.165, 1.54) is 25.7 Å². The number of hydrogen-bond donors (Lipinski definition) is 1. The van der Waals surface area contributed by atoms with Gasteiger partial charge in [-0.1, -0.05) is 37.8 Å². The van der Waals surface area contributed by atoms with Gasteiger partial charge in [0.05, 0.1) is 6.04 Å². The zero-order valence-electron chi connectivity index (χ0n) is 13.7. The van der Waals surface area contributed by atoms with E-state index in [1.54, 1.807) is 0 Å². The van der Waals surface area contributed by atoms with Crippen molar-refractivity contribution in [2.45, 2.75) is 77.4 Å². The summed E-state index contributed by atoms with van der Waals surface area (Å²) in [6, 6.07) is 0.0932. The van der Waals surface area contributed by atoms with E-state index >= 15 is 0 Å². The van der Waals surface area contributed by atoms with Crippen LogP contribution < -0.4 is 5.32 Å². The van der Waals surface area contributed by atoms with Gasteiger partial charge in [-0.05, 0) is 39.7 Å². The van der Waals surface area contributed by atoms with Crippen molar-refractivity contribution in [3.05, 3.63) is 11.7 Å². The molecule has 5 nitrogen and oxygen atoms in total. The molecule has 1 aliphatic rings. The molecular weight excluding hydrogens is 266 g/mol. The van der Waals surface area contributed by atoms with Gasteiger partial charge < -0.3 is 14.6 Å². The van der Waals surface area contributed by atoms with Gasteiger partial charge in [0.15, 0.2) is 0 Å². The van der Waals surface area contributed by atoms with E-state index in [4.69, 9.17) is 9.26 Å². The highest BCUT2D eigenvalue weighted by molar-refractivity contribution is 5.04. The lowest BCUT2D eigenvalue weighted by Crippen LogP contribution is -2.31. The summed E-state index contributed by atoms with van der Waals surface area (Å²) in [5, 5.41) is 7.63. The normalized spacial score (nSPS) is 20.1. The average Bonchev–Trinajstić information content (AvgIpc) is 2.87. The summed E-state index contributed by atoms with van der Waals surface area (Å²) in [4.78, 5) is 4.65. The molecule has 0 spiro atoms. The van der Waals surface area contributed by atoms with E-state index < -0.39 is 0 Å². The highest BCUT2D eigenvalue weighted by Crippen LogP contribution is 2.38. The summed E-state index contributed by atoms with van der Waals surface area (Å²) >= 11 is 0. The van der Waals surface area contributed by atoms with Gasteiger partial charge in [0, 0.05) is 6.61 Å². The number of aromatic nitrogens is 2. The van der Waals surface area contributed by atoms with Crippen LogP contribution in [0, 0.1) is 0 Å². The maximum absolute atomic E-state index is 6.11. The lowest BCUT2D eigenvalue weighted by Gasteiger charge is -2.29. The first kappa shape index (κ1) is 16.4. The summed E-state index contributed by atoms with van der Waals surface area (Å²) < 4.78 is 11.6. The Hall–Kier alpha value is -0.940. The Morgan fingerprint density at radius 1 is 1.24 bits per heavy atom. The zero-order chi connectivity index (χ0) is 15.1. The highest BCUT2D eigenvalue weighted by atomic mass is 16.5. The van der Waals surface area contributed by atoms with E-state index in [9.17, 15) is 0 Å². The molecule has 120 valence electrons. The van der Waals surface area contributed by atoms with Crippen LogP contribution in [0.15, 0.2) is 4.52 Å². The zero-order valence-corrected chi connectivity index (χ0v) is 13.7. The summed E-state index contributed by atoms with van der Waals surface area (Å²) in [6.45, 7) is 7.89. The fourth-order valence-corrected chi connectivity index (χ4v) is 3.05. The molecular formula is C16H29N3O2. The second-order valence-electron chi connectivity index (χ2n) is 5.97. The van der Waals surface area contributed by atoms with Crippen molar-refractivity contribution < 1.29 is 9.26 Å². The Balaban J connectivity index is 2.15. The number of nitrogens with zero attached hydrogens (tertiary/aromatic N) is 2. The maximum atomic E-state index is 6.11. The molecule has 1 aromatic heterocycles. The molecule has 0 aromatic carbocycles. The third kappa shape index (κ3) is 4.04. The van der Waals surface area contributed by atoms with Crippen molar-refractivity contribution in [1.82, 2.24) is 15.5 Å². The molecule has 1 aromatic rings. The molecule has 2 rings (SSSR count). The van der Waals surface area contributed by atoms with Crippen LogP contribution in [0.4, 0.5) is 0 Å². The van der Waals surface area contributed by atoms with Gasteiger partial charge in [0.25, 0.3) is 0 Å². The molecule has 1 heterocycles. The predicted octanol–water partition coefficient (Wildman–Crippen LogP) is 3.72. The van der Waals surface area contributed by atoms with E-state index in [-0.39, 0.29) is 11.6 Å². The summed E-state index contributed by atoms with van der Waals surface area (Å²) in [7, 11) is 0. The second kappa shape index (κ2) is 7.90. The van der Waals surface area contributed by atoms with Gasteiger partial charge in [-0.3, -0.25) is 0 Å². The Morgan fingerprint density at radius 2 is 1.95 bits per heavy atom. The standard InChI is InChI=1S/C16H29N3O2/c1-4-12-17-13(3)14-18-15(19-21-14)16(20-5-2)10-8-6-7-9-11-16/h13,17H,4-12H2,1-3H3. The quantitative estimate of drug-likeness (QED) is 0.777. The van der Waals surface area contributed by atoms with Crippen molar-refractivity contribution in [3.63, 3.8) is 0 Å². The Kier molecular flexibility index (Phi) is 6.18. The third-order valence-electron chi connectivity index (χ3n) is 4.25. The molecule has 1 saturated carbocycles. The minimum absolute atomic E-state index is 0.0932. The lowest BCUT2D eigenvalue weighted by atomic mass is 9.93. The van der Waals surface area contributed by atoms with Gasteiger partial charge in [-0.25, -0.2) is 0 Å². The molecule has 21 heavy (non-hydrogen) atoms. The Morgan fingerprint density at radius 3 is 2.57 bits per heavy atom. The van der Waals surface area contributed by atoms with Crippen LogP contribution in [0.2, 0.25) is 0 Å². The molecule has 1 N–H and O–H groups in total. The van der Waals surface area contributed by atoms with Crippen molar-refractivity contribution in [1.29, 1.82) is 0 Å². The maximum Gasteiger partial charge on any atom is 0.243 e. The minimum atomic E-state index is -0.336. The lowest BCUT2D eigenvalue weighted by molar-refractivity contribution is -0.0636. The SMILES string of the molecule is CCCNC(C)c1nc(C2(OCC)CCCCCC2)no1. The molecule has 0 aliphatic heterocycles. The fourth-order valence-electron chi connectivity index (χ4n) is 3.05. The fraction of sp³-hybridized carbons (Fsp3) is 0.875. The van der Waals surface area contributed by atoms with E-state index in [0.29, 0.717) is 12.5 Å². The van der Waals surface area contributed by atoms with Gasteiger partial charge in [0.1, 0.15) is 5.60 Å². The number of hydrogen-bond acceptors (Lipinski definition) is 5. The van der Waals surface area contributed by atoms with Gasteiger partial charge >= 0.3 is 0 Å². The van der Waals surface area contributed by atoms with Crippen LogP contribution in [-0.4, -0.2) is 23.3 Å². The monoisotopic (exact) mass is 295 g/mol. The molecule has 0 amide bonds. The van der Waals surface area contributed by atoms with Crippen LogP contribution in [0.25, 0.3) is 0 Å². The molecule has 0 saturated heterocycles. The predicted molar refractivity (Wildman–Crippen MR) is 82.0 cm³/mol. The van der Waals surface area contributed by atoms with Crippen LogP contribution in [-0.2, 0) is 10.3 Å². The van der Waals surface area contributed by atoms with Gasteiger partial charge in [-0.2, -0.15) is 4.98 Å². The average molecular weight is 295 g/mol. The van der Waals surface area contributed by atoms with Gasteiger partial charge in [-0.15, -0.1) is 0 Å². The van der Waals surface area contributed by atoms with Crippen molar-refractivity contribution in [2.75, 3.05) is 13.2 Å². The van der Waals surface area contributed by atoms with E-state index in [1.807, 2.05) is 6.92 Å². The molecule has 5 heteroatoms. The van der Waals surface area contributed by atoms with Crippen LogP contribution in [0.1, 0.15) is 83.5 Å². The van der Waals surface area contributed by atoms with E-state index in [0.717, 1.165) is 31.6 Å².